The van der Waals surface area contributed by atoms with Gasteiger partial charge in [-0.05, 0) is 19.1 Å². The molecule has 0 saturated heterocycles. The largest absolute Gasteiger partial charge is 0.461 e. The Morgan fingerprint density at radius 2 is 2.17 bits per heavy atom. The maximum atomic E-state index is 10.8. The summed E-state index contributed by atoms with van der Waals surface area (Å²) in [4.78, 5) is 10.8. The van der Waals surface area contributed by atoms with Crippen molar-refractivity contribution in [3.8, 4) is 0 Å². The first kappa shape index (κ1) is 11.6. The van der Waals surface area contributed by atoms with Crippen molar-refractivity contribution >= 4 is 17.7 Å². The van der Waals surface area contributed by atoms with E-state index < -0.39 is 0 Å². The topological polar surface area (TPSA) is 26.3 Å². The van der Waals surface area contributed by atoms with E-state index >= 15 is 0 Å². The van der Waals surface area contributed by atoms with Gasteiger partial charge < -0.3 is 4.74 Å². The van der Waals surface area contributed by atoms with Crippen molar-refractivity contribution in [3.05, 3.63) is 12.2 Å². The number of hydrogen-bond donors (Lipinski definition) is 0. The van der Waals surface area contributed by atoms with Crippen LogP contribution in [0.25, 0.3) is 0 Å². The average Bonchev–Trinajstić information content (AvgIpc) is 2.03. The van der Waals surface area contributed by atoms with Crippen molar-refractivity contribution in [2.24, 2.45) is 0 Å². The van der Waals surface area contributed by atoms with Gasteiger partial charge in [0.05, 0.1) is 0 Å². The van der Waals surface area contributed by atoms with Gasteiger partial charge in [-0.1, -0.05) is 13.5 Å². The quantitative estimate of drug-likeness (QED) is 0.363. The van der Waals surface area contributed by atoms with Gasteiger partial charge in [-0.2, -0.15) is 11.8 Å². The van der Waals surface area contributed by atoms with Crippen molar-refractivity contribution in [3.63, 3.8) is 0 Å². The highest BCUT2D eigenvalue weighted by atomic mass is 32.2. The SMILES string of the molecule is C=C(C)C(=O)OCCSCCC. The Morgan fingerprint density at radius 1 is 1.50 bits per heavy atom. The minimum atomic E-state index is -0.285. The van der Waals surface area contributed by atoms with Gasteiger partial charge in [0.15, 0.2) is 0 Å². The molecule has 0 atom stereocenters. The molecule has 0 N–H and O–H groups in total. The predicted molar refractivity (Wildman–Crippen MR) is 53.4 cm³/mol. The predicted octanol–water partition coefficient (Wildman–Crippen LogP) is 2.25. The molecule has 12 heavy (non-hydrogen) atoms. The molecular formula is C9H16O2S. The van der Waals surface area contributed by atoms with Gasteiger partial charge in [0.25, 0.3) is 0 Å². The zero-order chi connectivity index (χ0) is 9.40. The molecule has 0 aromatic heterocycles. The first-order valence-electron chi connectivity index (χ1n) is 4.08. The van der Waals surface area contributed by atoms with Crippen molar-refractivity contribution in [2.45, 2.75) is 20.3 Å². The van der Waals surface area contributed by atoms with Crippen molar-refractivity contribution < 1.29 is 9.53 Å². The third kappa shape index (κ3) is 6.28. The molecule has 0 spiro atoms. The van der Waals surface area contributed by atoms with Gasteiger partial charge in [0.1, 0.15) is 6.61 Å². The van der Waals surface area contributed by atoms with E-state index in [0.29, 0.717) is 12.2 Å². The van der Waals surface area contributed by atoms with Crippen molar-refractivity contribution in [1.82, 2.24) is 0 Å². The third-order valence-corrected chi connectivity index (χ3v) is 2.31. The lowest BCUT2D eigenvalue weighted by atomic mass is 10.4. The fourth-order valence-electron chi connectivity index (χ4n) is 0.563. The molecule has 0 aromatic rings. The summed E-state index contributed by atoms with van der Waals surface area (Å²) in [5, 5.41) is 0. The molecule has 0 amide bonds. The number of ether oxygens (including phenoxy) is 1. The Labute approximate surface area is 78.4 Å². The number of rotatable bonds is 6. The lowest BCUT2D eigenvalue weighted by Crippen LogP contribution is -2.07. The van der Waals surface area contributed by atoms with Crippen LogP contribution in [-0.2, 0) is 9.53 Å². The van der Waals surface area contributed by atoms with Gasteiger partial charge in [0, 0.05) is 11.3 Å². The van der Waals surface area contributed by atoms with E-state index in [0.717, 1.165) is 11.5 Å². The van der Waals surface area contributed by atoms with Gasteiger partial charge in [-0.25, -0.2) is 4.79 Å². The molecule has 0 aromatic carbocycles. The summed E-state index contributed by atoms with van der Waals surface area (Å²) in [6, 6.07) is 0. The molecule has 0 aliphatic carbocycles. The molecule has 0 aliphatic heterocycles. The lowest BCUT2D eigenvalue weighted by Gasteiger charge is -2.02. The normalized spacial score (nSPS) is 9.50. The van der Waals surface area contributed by atoms with Crippen LogP contribution >= 0.6 is 11.8 Å². The van der Waals surface area contributed by atoms with Gasteiger partial charge >= 0.3 is 5.97 Å². The summed E-state index contributed by atoms with van der Waals surface area (Å²) in [5.41, 5.74) is 0.468. The second kappa shape index (κ2) is 7.22. The monoisotopic (exact) mass is 188 g/mol. The standard InChI is InChI=1S/C9H16O2S/c1-4-6-12-7-5-11-9(10)8(2)3/h2,4-7H2,1,3H3. The van der Waals surface area contributed by atoms with Crippen LogP contribution in [-0.4, -0.2) is 24.1 Å². The molecule has 0 fully saturated rings. The maximum absolute atomic E-state index is 10.8. The van der Waals surface area contributed by atoms with Gasteiger partial charge in [-0.3, -0.25) is 0 Å². The van der Waals surface area contributed by atoms with E-state index in [1.54, 1.807) is 18.7 Å². The highest BCUT2D eigenvalue weighted by molar-refractivity contribution is 7.99. The van der Waals surface area contributed by atoms with E-state index in [1.807, 2.05) is 0 Å². The summed E-state index contributed by atoms with van der Waals surface area (Å²) in [5.74, 6) is 1.73. The molecule has 0 heterocycles. The second-order valence-corrected chi connectivity index (χ2v) is 3.75. The highest BCUT2D eigenvalue weighted by Crippen LogP contribution is 2.02. The van der Waals surface area contributed by atoms with Crippen LogP contribution in [0.3, 0.4) is 0 Å². The highest BCUT2D eigenvalue weighted by Gasteiger charge is 2.01. The Hall–Kier alpha value is -0.440. The summed E-state index contributed by atoms with van der Waals surface area (Å²) < 4.78 is 4.89. The van der Waals surface area contributed by atoms with E-state index in [-0.39, 0.29) is 5.97 Å². The Balaban J connectivity index is 3.20. The van der Waals surface area contributed by atoms with Gasteiger partial charge in [0.2, 0.25) is 0 Å². The van der Waals surface area contributed by atoms with E-state index in [2.05, 4.69) is 13.5 Å². The number of carbonyl (C=O) groups excluding carboxylic acids is 1. The molecule has 2 nitrogen and oxygen atoms in total. The molecule has 0 saturated carbocycles. The third-order valence-electron chi connectivity index (χ3n) is 1.16. The summed E-state index contributed by atoms with van der Waals surface area (Å²) in [6.45, 7) is 7.77. The molecule has 0 radical (unpaired) electrons. The van der Waals surface area contributed by atoms with Crippen LogP contribution in [0.4, 0.5) is 0 Å². The maximum Gasteiger partial charge on any atom is 0.333 e. The Bertz CT molecular complexity index is 155. The number of thioether (sulfide) groups is 1. The average molecular weight is 188 g/mol. The van der Waals surface area contributed by atoms with Crippen LogP contribution in [0.1, 0.15) is 20.3 Å². The molecular weight excluding hydrogens is 172 g/mol. The Kier molecular flexibility index (Phi) is 6.96. The minimum Gasteiger partial charge on any atom is -0.461 e. The fraction of sp³-hybridized carbons (Fsp3) is 0.667. The van der Waals surface area contributed by atoms with E-state index in [4.69, 9.17) is 4.74 Å². The minimum absolute atomic E-state index is 0.285. The first-order valence-corrected chi connectivity index (χ1v) is 5.24. The molecule has 0 rings (SSSR count). The van der Waals surface area contributed by atoms with Crippen LogP contribution in [0.5, 0.6) is 0 Å². The summed E-state index contributed by atoms with van der Waals surface area (Å²) in [6.07, 6.45) is 1.17. The van der Waals surface area contributed by atoms with Crippen molar-refractivity contribution in [2.75, 3.05) is 18.1 Å². The van der Waals surface area contributed by atoms with Crippen LogP contribution in [0.2, 0.25) is 0 Å². The van der Waals surface area contributed by atoms with Crippen LogP contribution in [0, 0.1) is 0 Å². The number of carbonyl (C=O) groups is 1. The first-order chi connectivity index (χ1) is 5.68. The number of hydrogen-bond acceptors (Lipinski definition) is 3. The van der Waals surface area contributed by atoms with E-state index in [1.165, 1.54) is 6.42 Å². The number of esters is 1. The molecule has 70 valence electrons. The van der Waals surface area contributed by atoms with Crippen LogP contribution in [0.15, 0.2) is 12.2 Å². The van der Waals surface area contributed by atoms with Gasteiger partial charge in [-0.15, -0.1) is 0 Å². The van der Waals surface area contributed by atoms with Crippen molar-refractivity contribution in [1.29, 1.82) is 0 Å². The molecule has 0 bridgehead atoms. The molecule has 3 heteroatoms. The lowest BCUT2D eigenvalue weighted by molar-refractivity contribution is -0.138. The zero-order valence-corrected chi connectivity index (χ0v) is 8.58. The smallest absolute Gasteiger partial charge is 0.333 e. The summed E-state index contributed by atoms with van der Waals surface area (Å²) in [7, 11) is 0. The second-order valence-electron chi connectivity index (χ2n) is 2.53. The van der Waals surface area contributed by atoms with E-state index in [9.17, 15) is 4.79 Å². The van der Waals surface area contributed by atoms with Crippen LogP contribution < -0.4 is 0 Å². The summed E-state index contributed by atoms with van der Waals surface area (Å²) >= 11 is 1.80. The Morgan fingerprint density at radius 3 is 2.67 bits per heavy atom. The fourth-order valence-corrected chi connectivity index (χ4v) is 1.26. The molecule has 0 aliphatic rings. The zero-order valence-electron chi connectivity index (χ0n) is 7.76. The molecule has 0 unspecified atom stereocenters.